The molecule has 0 spiro atoms. The van der Waals surface area contributed by atoms with Crippen molar-refractivity contribution in [2.45, 2.75) is 6.04 Å². The number of aromatic hydroxyl groups is 1. The maximum atomic E-state index is 11.6. The van der Waals surface area contributed by atoms with E-state index >= 15 is 0 Å². The first kappa shape index (κ1) is 13.2. The molecule has 0 aliphatic carbocycles. The highest BCUT2D eigenvalue weighted by molar-refractivity contribution is 6.30. The number of carbonyl (C=O) groups excluding carboxylic acids is 1. The molecule has 4 nitrogen and oxygen atoms in total. The number of carbonyl (C=O) groups is 1. The zero-order chi connectivity index (χ0) is 13.8. The van der Waals surface area contributed by atoms with Gasteiger partial charge in [0.05, 0.1) is 0 Å². The summed E-state index contributed by atoms with van der Waals surface area (Å²) in [6.07, 6.45) is 0. The Morgan fingerprint density at radius 3 is 2.58 bits per heavy atom. The van der Waals surface area contributed by atoms with E-state index in [9.17, 15) is 9.90 Å². The number of primary amides is 1. The fraction of sp³-hybridized carbons (Fsp3) is 0.0714. The molecule has 0 saturated carbocycles. The number of anilines is 1. The summed E-state index contributed by atoms with van der Waals surface area (Å²) in [4.78, 5) is 11.6. The lowest BCUT2D eigenvalue weighted by Crippen LogP contribution is -2.27. The van der Waals surface area contributed by atoms with Crippen molar-refractivity contribution in [3.63, 3.8) is 0 Å². The average Bonchev–Trinajstić information content (AvgIpc) is 2.37. The number of nitrogens with one attached hydrogen (secondary N) is 1. The average molecular weight is 277 g/mol. The fourth-order valence-electron chi connectivity index (χ4n) is 1.78. The summed E-state index contributed by atoms with van der Waals surface area (Å²) in [6.45, 7) is 0. The number of nitrogens with two attached hydrogens (primary N) is 1. The molecule has 2 aromatic rings. The number of hydrogen-bond donors (Lipinski definition) is 3. The molecule has 0 aromatic heterocycles. The maximum absolute atomic E-state index is 11.6. The van der Waals surface area contributed by atoms with Crippen molar-refractivity contribution in [2.24, 2.45) is 5.73 Å². The number of halogens is 1. The van der Waals surface area contributed by atoms with Crippen LogP contribution in [0.3, 0.4) is 0 Å². The van der Waals surface area contributed by atoms with Crippen molar-refractivity contribution in [3.8, 4) is 5.75 Å². The van der Waals surface area contributed by atoms with E-state index in [1.54, 1.807) is 42.5 Å². The first-order chi connectivity index (χ1) is 9.08. The minimum Gasteiger partial charge on any atom is -0.508 e. The van der Waals surface area contributed by atoms with Gasteiger partial charge >= 0.3 is 0 Å². The van der Waals surface area contributed by atoms with Crippen LogP contribution in [-0.2, 0) is 4.79 Å². The molecule has 0 radical (unpaired) electrons. The Balaban J connectivity index is 2.32. The third-order valence-corrected chi connectivity index (χ3v) is 2.90. The molecular formula is C14H13ClN2O2. The SMILES string of the molecule is NC(=O)C(Nc1cccc(Cl)c1)c1ccccc1O. The van der Waals surface area contributed by atoms with Gasteiger partial charge in [0, 0.05) is 16.3 Å². The highest BCUT2D eigenvalue weighted by atomic mass is 35.5. The summed E-state index contributed by atoms with van der Waals surface area (Å²) in [5.41, 5.74) is 6.46. The molecule has 0 saturated heterocycles. The molecule has 1 amide bonds. The zero-order valence-corrected chi connectivity index (χ0v) is 10.8. The highest BCUT2D eigenvalue weighted by Gasteiger charge is 2.20. The molecule has 2 aromatic carbocycles. The van der Waals surface area contributed by atoms with Crippen molar-refractivity contribution in [3.05, 3.63) is 59.1 Å². The molecule has 5 heteroatoms. The van der Waals surface area contributed by atoms with Crippen LogP contribution < -0.4 is 11.1 Å². The van der Waals surface area contributed by atoms with E-state index in [-0.39, 0.29) is 5.75 Å². The second-order valence-electron chi connectivity index (χ2n) is 4.05. The van der Waals surface area contributed by atoms with Gasteiger partial charge in [-0.3, -0.25) is 4.79 Å². The predicted octanol–water partition coefficient (Wildman–Crippen LogP) is 2.68. The van der Waals surface area contributed by atoms with E-state index in [0.717, 1.165) is 0 Å². The molecule has 0 bridgehead atoms. The monoisotopic (exact) mass is 276 g/mol. The van der Waals surface area contributed by atoms with Gasteiger partial charge in [-0.1, -0.05) is 35.9 Å². The molecule has 1 unspecified atom stereocenters. The number of hydrogen-bond acceptors (Lipinski definition) is 3. The normalized spacial score (nSPS) is 11.8. The number of phenols is 1. The van der Waals surface area contributed by atoms with E-state index in [1.165, 1.54) is 6.07 Å². The van der Waals surface area contributed by atoms with Crippen molar-refractivity contribution >= 4 is 23.2 Å². The van der Waals surface area contributed by atoms with Gasteiger partial charge in [0.2, 0.25) is 5.91 Å². The Bertz CT molecular complexity index is 602. The minimum absolute atomic E-state index is 0.0147. The van der Waals surface area contributed by atoms with Crippen molar-refractivity contribution in [1.82, 2.24) is 0 Å². The molecule has 98 valence electrons. The Morgan fingerprint density at radius 1 is 1.21 bits per heavy atom. The minimum atomic E-state index is -0.820. The van der Waals surface area contributed by atoms with Crippen LogP contribution in [0.1, 0.15) is 11.6 Å². The molecule has 2 rings (SSSR count). The van der Waals surface area contributed by atoms with Crippen LogP contribution >= 0.6 is 11.6 Å². The summed E-state index contributed by atoms with van der Waals surface area (Å²) in [7, 11) is 0. The topological polar surface area (TPSA) is 75.4 Å². The standard InChI is InChI=1S/C14H13ClN2O2/c15-9-4-3-5-10(8-9)17-13(14(16)19)11-6-1-2-7-12(11)18/h1-8,13,17-18H,(H2,16,19). The first-order valence-corrected chi connectivity index (χ1v) is 6.05. The van der Waals surface area contributed by atoms with Crippen LogP contribution in [-0.4, -0.2) is 11.0 Å². The summed E-state index contributed by atoms with van der Waals surface area (Å²) >= 11 is 5.88. The van der Waals surface area contributed by atoms with Crippen LogP contribution in [0.2, 0.25) is 5.02 Å². The highest BCUT2D eigenvalue weighted by Crippen LogP contribution is 2.27. The number of benzene rings is 2. The summed E-state index contributed by atoms with van der Waals surface area (Å²) in [5.74, 6) is -0.567. The van der Waals surface area contributed by atoms with Gasteiger partial charge in [-0.05, 0) is 24.3 Å². The lowest BCUT2D eigenvalue weighted by molar-refractivity contribution is -0.118. The summed E-state index contributed by atoms with van der Waals surface area (Å²) < 4.78 is 0. The molecule has 0 fully saturated rings. The molecule has 19 heavy (non-hydrogen) atoms. The van der Waals surface area contributed by atoms with Crippen molar-refractivity contribution in [1.29, 1.82) is 0 Å². The summed E-state index contributed by atoms with van der Waals surface area (Å²) in [6, 6.07) is 12.7. The second-order valence-corrected chi connectivity index (χ2v) is 4.49. The quantitative estimate of drug-likeness (QED) is 0.804. The van der Waals surface area contributed by atoms with Crippen LogP contribution in [0.4, 0.5) is 5.69 Å². The number of amides is 1. The molecule has 0 aliphatic rings. The zero-order valence-electron chi connectivity index (χ0n) is 10.0. The molecule has 1 atom stereocenters. The van der Waals surface area contributed by atoms with Crippen molar-refractivity contribution < 1.29 is 9.90 Å². The Hall–Kier alpha value is -2.20. The Kier molecular flexibility index (Phi) is 3.92. The van der Waals surface area contributed by atoms with E-state index in [1.807, 2.05) is 0 Å². The lowest BCUT2D eigenvalue weighted by Gasteiger charge is -2.18. The molecule has 0 heterocycles. The Labute approximate surface area is 115 Å². The van der Waals surface area contributed by atoms with Gasteiger partial charge in [-0.15, -0.1) is 0 Å². The number of rotatable bonds is 4. The van der Waals surface area contributed by atoms with Gasteiger partial charge in [0.15, 0.2) is 0 Å². The molecular weight excluding hydrogens is 264 g/mol. The lowest BCUT2D eigenvalue weighted by atomic mass is 10.0. The van der Waals surface area contributed by atoms with Gasteiger partial charge < -0.3 is 16.2 Å². The van der Waals surface area contributed by atoms with Crippen LogP contribution in [0, 0.1) is 0 Å². The van der Waals surface area contributed by atoms with Gasteiger partial charge in [-0.25, -0.2) is 0 Å². The van der Waals surface area contributed by atoms with E-state index in [0.29, 0.717) is 16.3 Å². The van der Waals surface area contributed by atoms with Gasteiger partial charge in [0.1, 0.15) is 11.8 Å². The first-order valence-electron chi connectivity index (χ1n) is 5.67. The van der Waals surface area contributed by atoms with Crippen LogP contribution in [0.25, 0.3) is 0 Å². The van der Waals surface area contributed by atoms with Crippen LogP contribution in [0.5, 0.6) is 5.75 Å². The number of para-hydroxylation sites is 1. The fourth-order valence-corrected chi connectivity index (χ4v) is 1.97. The molecule has 0 aliphatic heterocycles. The van der Waals surface area contributed by atoms with E-state index in [2.05, 4.69) is 5.32 Å². The summed E-state index contributed by atoms with van der Waals surface area (Å²) in [5, 5.41) is 13.3. The van der Waals surface area contributed by atoms with Crippen LogP contribution in [0.15, 0.2) is 48.5 Å². The predicted molar refractivity (Wildman–Crippen MR) is 75.1 cm³/mol. The smallest absolute Gasteiger partial charge is 0.244 e. The van der Waals surface area contributed by atoms with Crippen molar-refractivity contribution in [2.75, 3.05) is 5.32 Å². The maximum Gasteiger partial charge on any atom is 0.244 e. The third-order valence-electron chi connectivity index (χ3n) is 2.67. The number of phenolic OH excluding ortho intramolecular Hbond substituents is 1. The van der Waals surface area contributed by atoms with E-state index in [4.69, 9.17) is 17.3 Å². The largest absolute Gasteiger partial charge is 0.508 e. The van der Waals surface area contributed by atoms with Gasteiger partial charge in [0.25, 0.3) is 0 Å². The third kappa shape index (κ3) is 3.17. The second kappa shape index (κ2) is 5.63. The van der Waals surface area contributed by atoms with E-state index < -0.39 is 11.9 Å². The van der Waals surface area contributed by atoms with Gasteiger partial charge in [-0.2, -0.15) is 0 Å². The Morgan fingerprint density at radius 2 is 1.95 bits per heavy atom. The molecule has 4 N–H and O–H groups in total.